The summed E-state index contributed by atoms with van der Waals surface area (Å²) in [6, 6.07) is 16.3. The van der Waals surface area contributed by atoms with E-state index in [1.807, 2.05) is 44.4 Å². The van der Waals surface area contributed by atoms with Gasteiger partial charge in [-0.2, -0.15) is 0 Å². The molecule has 0 fully saturated rings. The quantitative estimate of drug-likeness (QED) is 0.578. The first-order chi connectivity index (χ1) is 10.6. The minimum absolute atomic E-state index is 0.00622. The Bertz CT molecular complexity index is 614. The van der Waals surface area contributed by atoms with Crippen molar-refractivity contribution in [1.82, 2.24) is 4.90 Å². The van der Waals surface area contributed by atoms with Crippen LogP contribution in [0.4, 0.5) is 5.69 Å². The van der Waals surface area contributed by atoms with Crippen molar-refractivity contribution >= 4 is 5.69 Å². The van der Waals surface area contributed by atoms with Crippen LogP contribution in [0.25, 0.3) is 0 Å². The van der Waals surface area contributed by atoms with Crippen molar-refractivity contribution in [1.29, 1.82) is 0 Å². The van der Waals surface area contributed by atoms with Crippen LogP contribution in [0, 0.1) is 10.1 Å². The van der Waals surface area contributed by atoms with E-state index in [1.165, 1.54) is 6.07 Å². The summed E-state index contributed by atoms with van der Waals surface area (Å²) in [5.41, 5.74) is 1.01. The molecule has 0 heterocycles. The number of ether oxygens (including phenoxy) is 1. The molecule has 5 heteroatoms. The van der Waals surface area contributed by atoms with Crippen molar-refractivity contribution in [3.8, 4) is 5.75 Å². The van der Waals surface area contributed by atoms with Crippen LogP contribution >= 0.6 is 0 Å². The number of para-hydroxylation sites is 2. The van der Waals surface area contributed by atoms with Crippen LogP contribution in [0.5, 0.6) is 5.75 Å². The van der Waals surface area contributed by atoms with Crippen LogP contribution in [0.3, 0.4) is 0 Å². The Morgan fingerprint density at radius 3 is 2.36 bits per heavy atom. The van der Waals surface area contributed by atoms with Gasteiger partial charge in [-0.1, -0.05) is 42.5 Å². The predicted octanol–water partition coefficient (Wildman–Crippen LogP) is 3.67. The lowest BCUT2D eigenvalue weighted by atomic mass is 10.1. The minimum atomic E-state index is -0.413. The first-order valence-electron chi connectivity index (χ1n) is 7.17. The second-order valence-corrected chi connectivity index (χ2v) is 5.33. The lowest BCUT2D eigenvalue weighted by molar-refractivity contribution is -0.386. The summed E-state index contributed by atoms with van der Waals surface area (Å²) in [6.45, 7) is 0.834. The SMILES string of the molecule is CN(C)CCC(Oc1ccccc1[N+](=O)[O-])c1ccccc1. The maximum absolute atomic E-state index is 11.1. The number of hydrogen-bond acceptors (Lipinski definition) is 4. The Morgan fingerprint density at radius 2 is 1.73 bits per heavy atom. The zero-order valence-corrected chi connectivity index (χ0v) is 12.8. The summed E-state index contributed by atoms with van der Waals surface area (Å²) in [5.74, 6) is 0.306. The number of nitrogens with zero attached hydrogens (tertiary/aromatic N) is 2. The summed E-state index contributed by atoms with van der Waals surface area (Å²) in [6.07, 6.45) is 0.535. The van der Waals surface area contributed by atoms with Crippen LogP contribution in [-0.2, 0) is 0 Å². The molecular formula is C17H20N2O3. The van der Waals surface area contributed by atoms with Crippen molar-refractivity contribution < 1.29 is 9.66 Å². The average molecular weight is 300 g/mol. The second kappa shape index (κ2) is 7.56. The molecule has 0 aliphatic carbocycles. The molecule has 1 unspecified atom stereocenters. The van der Waals surface area contributed by atoms with Crippen molar-refractivity contribution in [2.24, 2.45) is 0 Å². The largest absolute Gasteiger partial charge is 0.479 e. The van der Waals surface area contributed by atoms with Crippen molar-refractivity contribution in [3.63, 3.8) is 0 Å². The molecule has 0 radical (unpaired) electrons. The molecule has 2 aromatic carbocycles. The van der Waals surface area contributed by atoms with Crippen LogP contribution in [0.15, 0.2) is 54.6 Å². The predicted molar refractivity (Wildman–Crippen MR) is 86.1 cm³/mol. The second-order valence-electron chi connectivity index (χ2n) is 5.33. The fraction of sp³-hybridized carbons (Fsp3) is 0.294. The van der Waals surface area contributed by atoms with Gasteiger partial charge in [0.2, 0.25) is 0 Å². The summed E-state index contributed by atoms with van der Waals surface area (Å²) in [4.78, 5) is 12.8. The highest BCUT2D eigenvalue weighted by molar-refractivity contribution is 5.46. The maximum Gasteiger partial charge on any atom is 0.310 e. The summed E-state index contributed by atoms with van der Waals surface area (Å²) in [5, 5.41) is 11.1. The number of benzene rings is 2. The topological polar surface area (TPSA) is 55.6 Å². The third kappa shape index (κ3) is 4.30. The molecule has 0 aliphatic rings. The van der Waals surface area contributed by atoms with Gasteiger partial charge in [-0.05, 0) is 25.7 Å². The lowest BCUT2D eigenvalue weighted by Crippen LogP contribution is -2.19. The summed E-state index contributed by atoms with van der Waals surface area (Å²) < 4.78 is 5.98. The van der Waals surface area contributed by atoms with Crippen LogP contribution < -0.4 is 4.74 Å². The first kappa shape index (κ1) is 16.0. The Balaban J connectivity index is 2.25. The molecule has 2 rings (SSSR count). The van der Waals surface area contributed by atoms with Crippen LogP contribution in [0.1, 0.15) is 18.1 Å². The Morgan fingerprint density at radius 1 is 1.09 bits per heavy atom. The Labute approximate surface area is 130 Å². The summed E-state index contributed by atoms with van der Waals surface area (Å²) >= 11 is 0. The van der Waals surface area contributed by atoms with Crippen LogP contribution in [0.2, 0.25) is 0 Å². The number of nitro benzene ring substituents is 1. The van der Waals surface area contributed by atoms with Gasteiger partial charge in [-0.15, -0.1) is 0 Å². The fourth-order valence-electron chi connectivity index (χ4n) is 2.20. The third-order valence-electron chi connectivity index (χ3n) is 3.34. The Kier molecular flexibility index (Phi) is 5.49. The van der Waals surface area contributed by atoms with E-state index in [9.17, 15) is 10.1 Å². The van der Waals surface area contributed by atoms with E-state index in [0.717, 1.165) is 18.5 Å². The van der Waals surface area contributed by atoms with Gasteiger partial charge in [-0.25, -0.2) is 0 Å². The average Bonchev–Trinajstić information content (AvgIpc) is 2.52. The van der Waals surface area contributed by atoms with Gasteiger partial charge in [0.1, 0.15) is 6.10 Å². The van der Waals surface area contributed by atoms with Gasteiger partial charge in [0.25, 0.3) is 0 Å². The number of rotatable bonds is 7. The van der Waals surface area contributed by atoms with E-state index in [-0.39, 0.29) is 11.8 Å². The van der Waals surface area contributed by atoms with E-state index in [4.69, 9.17) is 4.74 Å². The molecule has 0 N–H and O–H groups in total. The molecule has 0 spiro atoms. The molecule has 22 heavy (non-hydrogen) atoms. The van der Waals surface area contributed by atoms with E-state index < -0.39 is 4.92 Å². The van der Waals surface area contributed by atoms with Gasteiger partial charge < -0.3 is 9.64 Å². The van der Waals surface area contributed by atoms with Crippen molar-refractivity contribution in [3.05, 3.63) is 70.3 Å². The van der Waals surface area contributed by atoms with Gasteiger partial charge in [0.05, 0.1) is 4.92 Å². The molecule has 0 saturated heterocycles. The zero-order valence-electron chi connectivity index (χ0n) is 12.8. The number of hydrogen-bond donors (Lipinski definition) is 0. The lowest BCUT2D eigenvalue weighted by Gasteiger charge is -2.21. The highest BCUT2D eigenvalue weighted by Gasteiger charge is 2.20. The highest BCUT2D eigenvalue weighted by Crippen LogP contribution is 2.32. The highest BCUT2D eigenvalue weighted by atomic mass is 16.6. The summed E-state index contributed by atoms with van der Waals surface area (Å²) in [7, 11) is 3.99. The van der Waals surface area contributed by atoms with E-state index >= 15 is 0 Å². The van der Waals surface area contributed by atoms with Gasteiger partial charge >= 0.3 is 5.69 Å². The van der Waals surface area contributed by atoms with Crippen molar-refractivity contribution in [2.45, 2.75) is 12.5 Å². The zero-order chi connectivity index (χ0) is 15.9. The molecule has 2 aromatic rings. The molecular weight excluding hydrogens is 280 g/mol. The molecule has 0 saturated carbocycles. The molecule has 0 bridgehead atoms. The maximum atomic E-state index is 11.1. The first-order valence-corrected chi connectivity index (χ1v) is 7.17. The molecule has 116 valence electrons. The van der Waals surface area contributed by atoms with E-state index in [0.29, 0.717) is 5.75 Å². The van der Waals surface area contributed by atoms with Gasteiger partial charge in [-0.3, -0.25) is 10.1 Å². The third-order valence-corrected chi connectivity index (χ3v) is 3.34. The fourth-order valence-corrected chi connectivity index (χ4v) is 2.20. The van der Waals surface area contributed by atoms with E-state index in [1.54, 1.807) is 18.2 Å². The molecule has 0 aromatic heterocycles. The standard InChI is InChI=1S/C17H20N2O3/c1-18(2)13-12-16(14-8-4-3-5-9-14)22-17-11-7-6-10-15(17)19(20)21/h3-11,16H,12-13H2,1-2H3. The molecule has 5 nitrogen and oxygen atoms in total. The van der Waals surface area contributed by atoms with Crippen molar-refractivity contribution in [2.75, 3.05) is 20.6 Å². The smallest absolute Gasteiger partial charge is 0.310 e. The number of nitro groups is 1. The normalized spacial score (nSPS) is 12.1. The Hall–Kier alpha value is -2.40. The van der Waals surface area contributed by atoms with E-state index in [2.05, 4.69) is 4.90 Å². The molecule has 1 atom stereocenters. The molecule has 0 amide bonds. The monoisotopic (exact) mass is 300 g/mol. The van der Waals surface area contributed by atoms with Gasteiger partial charge in [0.15, 0.2) is 5.75 Å². The molecule has 0 aliphatic heterocycles. The van der Waals surface area contributed by atoms with Crippen LogP contribution in [-0.4, -0.2) is 30.5 Å². The van der Waals surface area contributed by atoms with Gasteiger partial charge in [0, 0.05) is 19.0 Å². The minimum Gasteiger partial charge on any atom is -0.479 e.